The SMILES string of the molecule is Cc1cnc(-c2ccc(C3C(c4ccccc4)C3(Cl)C(N)=O)cc2)nc1. The Kier molecular flexibility index (Phi) is 4.00. The lowest BCUT2D eigenvalue weighted by Gasteiger charge is -2.05. The highest BCUT2D eigenvalue weighted by Gasteiger charge is 2.69. The van der Waals surface area contributed by atoms with Gasteiger partial charge in [-0.15, -0.1) is 11.6 Å². The number of aromatic nitrogens is 2. The number of benzene rings is 2. The second-order valence-corrected chi connectivity index (χ2v) is 7.33. The van der Waals surface area contributed by atoms with Crippen LogP contribution in [0.3, 0.4) is 0 Å². The molecule has 1 saturated carbocycles. The average Bonchev–Trinajstić information content (AvgIpc) is 3.31. The van der Waals surface area contributed by atoms with Gasteiger partial charge in [-0.05, 0) is 23.6 Å². The third-order valence-corrected chi connectivity index (χ3v) is 5.63. The predicted molar refractivity (Wildman–Crippen MR) is 102 cm³/mol. The molecule has 3 unspecified atom stereocenters. The molecule has 1 aliphatic rings. The maximum absolute atomic E-state index is 12.0. The number of aryl methyl sites for hydroxylation is 1. The van der Waals surface area contributed by atoms with Gasteiger partial charge in [0, 0.05) is 29.8 Å². The van der Waals surface area contributed by atoms with Gasteiger partial charge in [-0.2, -0.15) is 0 Å². The van der Waals surface area contributed by atoms with Crippen LogP contribution in [0, 0.1) is 6.92 Å². The summed E-state index contributed by atoms with van der Waals surface area (Å²) in [5.41, 5.74) is 9.58. The first-order valence-electron chi connectivity index (χ1n) is 8.44. The molecule has 1 amide bonds. The monoisotopic (exact) mass is 363 g/mol. The Bertz CT molecular complexity index is 941. The minimum atomic E-state index is -1.08. The molecular formula is C21H18ClN3O. The van der Waals surface area contributed by atoms with Crippen molar-refractivity contribution in [2.24, 2.45) is 5.73 Å². The van der Waals surface area contributed by atoms with Gasteiger partial charge in [-0.1, -0.05) is 54.6 Å². The van der Waals surface area contributed by atoms with Crippen molar-refractivity contribution in [2.75, 3.05) is 0 Å². The summed E-state index contributed by atoms with van der Waals surface area (Å²) in [7, 11) is 0. The molecule has 4 rings (SSSR count). The van der Waals surface area contributed by atoms with E-state index < -0.39 is 10.8 Å². The number of halogens is 1. The van der Waals surface area contributed by atoms with Crippen LogP contribution in [0.15, 0.2) is 67.0 Å². The van der Waals surface area contributed by atoms with Crippen LogP contribution in [0.5, 0.6) is 0 Å². The molecule has 0 aliphatic heterocycles. The van der Waals surface area contributed by atoms with Gasteiger partial charge < -0.3 is 5.73 Å². The van der Waals surface area contributed by atoms with Crippen LogP contribution in [0.4, 0.5) is 0 Å². The van der Waals surface area contributed by atoms with Crippen molar-refractivity contribution in [3.05, 3.63) is 83.7 Å². The van der Waals surface area contributed by atoms with E-state index in [4.69, 9.17) is 17.3 Å². The van der Waals surface area contributed by atoms with Crippen molar-refractivity contribution in [1.29, 1.82) is 0 Å². The summed E-state index contributed by atoms with van der Waals surface area (Å²) in [5, 5.41) is 0. The summed E-state index contributed by atoms with van der Waals surface area (Å²) in [6.45, 7) is 1.95. The molecule has 5 heteroatoms. The second-order valence-electron chi connectivity index (χ2n) is 6.70. The standard InChI is InChI=1S/C21H18ClN3O/c1-13-11-24-19(25-12-13)16-9-7-15(8-10-16)18-17(21(18,22)20(23)26)14-5-3-2-4-6-14/h2-12,17-18H,1H3,(H2,23,26). The molecule has 2 aromatic carbocycles. The smallest absolute Gasteiger partial charge is 0.239 e. The van der Waals surface area contributed by atoms with Crippen LogP contribution in [-0.2, 0) is 4.79 Å². The summed E-state index contributed by atoms with van der Waals surface area (Å²) in [6, 6.07) is 17.7. The summed E-state index contributed by atoms with van der Waals surface area (Å²) in [5.74, 6) is -0.0741. The third kappa shape index (κ3) is 2.67. The molecule has 0 bridgehead atoms. The van der Waals surface area contributed by atoms with Gasteiger partial charge in [0.25, 0.3) is 0 Å². The molecule has 2 N–H and O–H groups in total. The number of carbonyl (C=O) groups is 1. The van der Waals surface area contributed by atoms with Crippen molar-refractivity contribution in [3.63, 3.8) is 0 Å². The van der Waals surface area contributed by atoms with Gasteiger partial charge in [0.05, 0.1) is 0 Å². The normalized spacial score (nSPS) is 24.2. The lowest BCUT2D eigenvalue weighted by molar-refractivity contribution is -0.118. The quantitative estimate of drug-likeness (QED) is 0.717. The van der Waals surface area contributed by atoms with E-state index in [0.717, 1.165) is 22.3 Å². The maximum Gasteiger partial charge on any atom is 0.239 e. The molecule has 1 aliphatic carbocycles. The second kappa shape index (κ2) is 6.22. The van der Waals surface area contributed by atoms with E-state index in [2.05, 4.69) is 9.97 Å². The highest BCUT2D eigenvalue weighted by Crippen LogP contribution is 2.67. The van der Waals surface area contributed by atoms with Crippen molar-refractivity contribution < 1.29 is 4.79 Å². The number of primary amides is 1. The first-order valence-corrected chi connectivity index (χ1v) is 8.82. The number of nitrogens with two attached hydrogens (primary N) is 1. The molecule has 3 aromatic rings. The zero-order valence-corrected chi connectivity index (χ0v) is 15.0. The highest BCUT2D eigenvalue weighted by molar-refractivity contribution is 6.39. The molecular weight excluding hydrogens is 346 g/mol. The average molecular weight is 364 g/mol. The molecule has 26 heavy (non-hydrogen) atoms. The Hall–Kier alpha value is -2.72. The minimum absolute atomic E-state index is 0.121. The van der Waals surface area contributed by atoms with Crippen LogP contribution >= 0.6 is 11.6 Å². The van der Waals surface area contributed by atoms with Gasteiger partial charge in [0.15, 0.2) is 5.82 Å². The fraction of sp³-hybridized carbons (Fsp3) is 0.190. The van der Waals surface area contributed by atoms with Crippen LogP contribution in [-0.4, -0.2) is 20.7 Å². The summed E-state index contributed by atoms with van der Waals surface area (Å²) < 4.78 is 0. The molecule has 0 radical (unpaired) electrons. The highest BCUT2D eigenvalue weighted by atomic mass is 35.5. The summed E-state index contributed by atoms with van der Waals surface area (Å²) in [6.07, 6.45) is 3.58. The van der Waals surface area contributed by atoms with Gasteiger partial charge in [0.1, 0.15) is 4.87 Å². The molecule has 1 heterocycles. The van der Waals surface area contributed by atoms with E-state index in [-0.39, 0.29) is 11.8 Å². The van der Waals surface area contributed by atoms with Crippen molar-refractivity contribution >= 4 is 17.5 Å². The van der Waals surface area contributed by atoms with Crippen molar-refractivity contribution in [2.45, 2.75) is 23.6 Å². The zero-order chi connectivity index (χ0) is 18.3. The molecule has 3 atom stereocenters. The topological polar surface area (TPSA) is 68.9 Å². The summed E-state index contributed by atoms with van der Waals surface area (Å²) >= 11 is 6.66. The Morgan fingerprint density at radius 2 is 1.50 bits per heavy atom. The molecule has 0 saturated heterocycles. The molecule has 1 fully saturated rings. The lowest BCUT2D eigenvalue weighted by Crippen LogP contribution is -2.28. The molecule has 4 nitrogen and oxygen atoms in total. The number of rotatable bonds is 4. The van der Waals surface area contributed by atoms with E-state index in [9.17, 15) is 4.79 Å². The van der Waals surface area contributed by atoms with Crippen LogP contribution in [0.1, 0.15) is 28.5 Å². The number of hydrogen-bond donors (Lipinski definition) is 1. The first kappa shape index (κ1) is 16.7. The Labute approximate surface area is 157 Å². The fourth-order valence-corrected chi connectivity index (χ4v) is 4.02. The predicted octanol–water partition coefficient (Wildman–Crippen LogP) is 3.80. The van der Waals surface area contributed by atoms with Crippen LogP contribution < -0.4 is 5.73 Å². The van der Waals surface area contributed by atoms with Crippen molar-refractivity contribution in [1.82, 2.24) is 9.97 Å². The molecule has 0 spiro atoms. The van der Waals surface area contributed by atoms with E-state index in [1.54, 1.807) is 12.4 Å². The molecule has 1 aromatic heterocycles. The number of amides is 1. The van der Waals surface area contributed by atoms with Gasteiger partial charge in [-0.25, -0.2) is 9.97 Å². The molecule has 130 valence electrons. The van der Waals surface area contributed by atoms with Crippen LogP contribution in [0.25, 0.3) is 11.4 Å². The number of hydrogen-bond acceptors (Lipinski definition) is 3. The fourth-order valence-electron chi connectivity index (χ4n) is 3.58. The number of nitrogens with zero attached hydrogens (tertiary/aromatic N) is 2. The van der Waals surface area contributed by atoms with E-state index in [1.807, 2.05) is 61.5 Å². The van der Waals surface area contributed by atoms with E-state index in [0.29, 0.717) is 5.82 Å². The van der Waals surface area contributed by atoms with Crippen LogP contribution in [0.2, 0.25) is 0 Å². The third-order valence-electron chi connectivity index (χ3n) is 4.97. The van der Waals surface area contributed by atoms with Crippen molar-refractivity contribution in [3.8, 4) is 11.4 Å². The van der Waals surface area contributed by atoms with Gasteiger partial charge >= 0.3 is 0 Å². The summed E-state index contributed by atoms with van der Waals surface area (Å²) in [4.78, 5) is 19.7. The Morgan fingerprint density at radius 3 is 2.04 bits per heavy atom. The van der Waals surface area contributed by atoms with Gasteiger partial charge in [0.2, 0.25) is 5.91 Å². The van der Waals surface area contributed by atoms with E-state index >= 15 is 0 Å². The maximum atomic E-state index is 12.0. The lowest BCUT2D eigenvalue weighted by atomic mass is 10.0. The minimum Gasteiger partial charge on any atom is -0.368 e. The largest absolute Gasteiger partial charge is 0.368 e. The zero-order valence-electron chi connectivity index (χ0n) is 14.3. The Balaban J connectivity index is 1.66. The number of alkyl halides is 1. The Morgan fingerprint density at radius 1 is 0.962 bits per heavy atom. The first-order chi connectivity index (χ1) is 12.5. The number of carbonyl (C=O) groups excluding carboxylic acids is 1. The van der Waals surface area contributed by atoms with E-state index in [1.165, 1.54) is 0 Å². The van der Waals surface area contributed by atoms with Gasteiger partial charge in [-0.3, -0.25) is 4.79 Å².